The fourth-order valence-electron chi connectivity index (χ4n) is 4.92. The van der Waals surface area contributed by atoms with Crippen molar-refractivity contribution in [1.82, 2.24) is 14.8 Å². The maximum Gasteiger partial charge on any atom is 0.286 e. The number of hydrogen-bond donors (Lipinski definition) is 4. The summed E-state index contributed by atoms with van der Waals surface area (Å²) >= 11 is 0. The topological polar surface area (TPSA) is 175 Å². The van der Waals surface area contributed by atoms with Crippen molar-refractivity contribution in [2.24, 2.45) is 4.40 Å². The first-order chi connectivity index (χ1) is 17.5. The standard InChI is InChI=1S/C22H29N7O6S2/c1-36(32,33)26-14-9-10-16-17(13-14)37(34,35)27-20(23-16)18-19(30)21(24-28-11-5-6-12-28)25-29(22(18)31)15-7-3-2-4-8-15/h9-10,13,15,26,30H,2-8,11-12H2,1H3,(H,23,27)(H,24,25). The first-order valence-electron chi connectivity index (χ1n) is 12.1. The number of anilines is 3. The van der Waals surface area contributed by atoms with E-state index >= 15 is 0 Å². The Hall–Kier alpha value is -3.17. The number of aromatic nitrogens is 2. The van der Waals surface area contributed by atoms with Gasteiger partial charge in [0.2, 0.25) is 15.8 Å². The summed E-state index contributed by atoms with van der Waals surface area (Å²) in [5, 5.41) is 20.3. The zero-order chi connectivity index (χ0) is 26.4. The van der Waals surface area contributed by atoms with Gasteiger partial charge < -0.3 is 10.4 Å². The zero-order valence-electron chi connectivity index (χ0n) is 20.3. The van der Waals surface area contributed by atoms with Gasteiger partial charge in [0, 0.05) is 18.8 Å². The molecule has 1 aliphatic carbocycles. The molecule has 4 N–H and O–H groups in total. The third kappa shape index (κ3) is 5.29. The Morgan fingerprint density at radius 1 is 1.11 bits per heavy atom. The zero-order valence-corrected chi connectivity index (χ0v) is 21.9. The third-order valence-electron chi connectivity index (χ3n) is 6.65. The molecule has 0 atom stereocenters. The molecule has 0 radical (unpaired) electrons. The van der Waals surface area contributed by atoms with Crippen molar-refractivity contribution in [1.29, 1.82) is 0 Å². The second-order valence-corrected chi connectivity index (χ2v) is 12.9. The number of aromatic hydroxyl groups is 1. The molecule has 37 heavy (non-hydrogen) atoms. The van der Waals surface area contributed by atoms with E-state index in [2.05, 4.69) is 25.0 Å². The molecule has 0 amide bonds. The molecule has 5 rings (SSSR count). The van der Waals surface area contributed by atoms with Gasteiger partial charge in [-0.3, -0.25) is 14.9 Å². The molecular formula is C22H29N7O6S2. The molecule has 1 aromatic carbocycles. The van der Waals surface area contributed by atoms with Crippen molar-refractivity contribution in [3.63, 3.8) is 0 Å². The highest BCUT2D eigenvalue weighted by molar-refractivity contribution is 7.92. The number of fused-ring (bicyclic) bond motifs is 1. The van der Waals surface area contributed by atoms with Gasteiger partial charge in [-0.05, 0) is 43.9 Å². The summed E-state index contributed by atoms with van der Waals surface area (Å²) in [5.74, 6) is -0.762. The van der Waals surface area contributed by atoms with E-state index in [4.69, 9.17) is 0 Å². The number of amidine groups is 1. The lowest BCUT2D eigenvalue weighted by Crippen LogP contribution is -2.38. The molecule has 0 unspecified atom stereocenters. The Balaban J connectivity index is 1.60. The first kappa shape index (κ1) is 25.5. The van der Waals surface area contributed by atoms with E-state index in [-0.39, 0.29) is 39.5 Å². The fraction of sp³-hybridized carbons (Fsp3) is 0.500. The van der Waals surface area contributed by atoms with Gasteiger partial charge in [0.25, 0.3) is 15.6 Å². The van der Waals surface area contributed by atoms with E-state index in [1.807, 2.05) is 5.01 Å². The van der Waals surface area contributed by atoms with Crippen LogP contribution in [0.4, 0.5) is 17.2 Å². The van der Waals surface area contributed by atoms with Crippen molar-refractivity contribution in [3.8, 4) is 5.75 Å². The Bertz CT molecular complexity index is 1520. The van der Waals surface area contributed by atoms with Crippen LogP contribution in [0, 0.1) is 0 Å². The van der Waals surface area contributed by atoms with Gasteiger partial charge in [-0.25, -0.2) is 18.1 Å². The van der Waals surface area contributed by atoms with Gasteiger partial charge in [0.15, 0.2) is 11.6 Å². The van der Waals surface area contributed by atoms with E-state index in [1.54, 1.807) is 0 Å². The highest BCUT2D eigenvalue weighted by atomic mass is 32.2. The predicted molar refractivity (Wildman–Crippen MR) is 139 cm³/mol. The van der Waals surface area contributed by atoms with Crippen LogP contribution in [0.1, 0.15) is 56.6 Å². The number of benzene rings is 1. The number of hydrazine groups is 1. The van der Waals surface area contributed by atoms with E-state index in [0.717, 1.165) is 70.4 Å². The number of nitrogens with zero attached hydrogens (tertiary/aromatic N) is 4. The average Bonchev–Trinajstić information content (AvgIpc) is 3.34. The minimum Gasteiger partial charge on any atom is -0.504 e. The van der Waals surface area contributed by atoms with Gasteiger partial charge in [-0.2, -0.15) is 8.42 Å². The normalized spacial score (nSPS) is 20.1. The van der Waals surface area contributed by atoms with Crippen LogP contribution < -0.4 is 21.0 Å². The maximum atomic E-state index is 13.6. The number of nitrogens with one attached hydrogen (secondary N) is 3. The maximum absolute atomic E-state index is 13.6. The monoisotopic (exact) mass is 551 g/mol. The smallest absolute Gasteiger partial charge is 0.286 e. The van der Waals surface area contributed by atoms with Gasteiger partial charge in [-0.1, -0.05) is 19.3 Å². The lowest BCUT2D eigenvalue weighted by Gasteiger charge is -2.26. The lowest BCUT2D eigenvalue weighted by molar-refractivity contribution is 0.313. The predicted octanol–water partition coefficient (Wildman–Crippen LogP) is 1.81. The second-order valence-electron chi connectivity index (χ2n) is 9.54. The summed E-state index contributed by atoms with van der Waals surface area (Å²) in [4.78, 5) is 13.4. The van der Waals surface area contributed by atoms with Gasteiger partial charge >= 0.3 is 0 Å². The summed E-state index contributed by atoms with van der Waals surface area (Å²) in [6, 6.07) is 3.72. The third-order valence-corrected chi connectivity index (χ3v) is 8.57. The Labute approximate surface area is 214 Å². The molecule has 1 saturated heterocycles. The lowest BCUT2D eigenvalue weighted by atomic mass is 9.95. The molecule has 15 heteroatoms. The molecule has 0 bridgehead atoms. The van der Waals surface area contributed by atoms with E-state index < -0.39 is 31.4 Å². The number of sulfonamides is 2. The summed E-state index contributed by atoms with van der Waals surface area (Å²) in [7, 11) is -7.98. The van der Waals surface area contributed by atoms with E-state index in [1.165, 1.54) is 16.8 Å². The molecule has 2 aliphatic heterocycles. The van der Waals surface area contributed by atoms with Crippen molar-refractivity contribution >= 4 is 43.1 Å². The summed E-state index contributed by atoms with van der Waals surface area (Å²) < 4.78 is 56.7. The Morgan fingerprint density at radius 3 is 2.49 bits per heavy atom. The SMILES string of the molecule is CS(=O)(=O)Nc1ccc2c(c1)S(=O)(=O)N=C(c1c(O)c(NN3CCCC3)nn(C3CCCCC3)c1=O)N2. The Kier molecular flexibility index (Phi) is 6.62. The van der Waals surface area contributed by atoms with E-state index in [0.29, 0.717) is 0 Å². The molecule has 2 fully saturated rings. The summed E-state index contributed by atoms with van der Waals surface area (Å²) in [6.07, 6.45) is 7.34. The van der Waals surface area contributed by atoms with Crippen molar-refractivity contribution in [2.45, 2.75) is 55.9 Å². The van der Waals surface area contributed by atoms with Gasteiger partial charge in [-0.15, -0.1) is 9.50 Å². The average molecular weight is 552 g/mol. The minimum atomic E-state index is -4.34. The molecule has 1 aromatic heterocycles. The van der Waals surface area contributed by atoms with Crippen LogP contribution >= 0.6 is 0 Å². The van der Waals surface area contributed by atoms with Crippen LogP contribution in [-0.2, 0) is 20.0 Å². The summed E-state index contributed by atoms with van der Waals surface area (Å²) in [6.45, 7) is 1.48. The second kappa shape index (κ2) is 9.61. The Morgan fingerprint density at radius 2 is 1.81 bits per heavy atom. The van der Waals surface area contributed by atoms with E-state index in [9.17, 15) is 26.7 Å². The molecule has 200 valence electrons. The van der Waals surface area contributed by atoms with Crippen molar-refractivity contribution in [3.05, 3.63) is 34.1 Å². The fourth-order valence-corrected chi connectivity index (χ4v) is 6.62. The quantitative estimate of drug-likeness (QED) is 0.414. The van der Waals surface area contributed by atoms with Crippen LogP contribution in [0.2, 0.25) is 0 Å². The van der Waals surface area contributed by atoms with Crippen LogP contribution in [-0.4, -0.2) is 61.9 Å². The first-order valence-corrected chi connectivity index (χ1v) is 15.5. The number of rotatable bonds is 6. The van der Waals surface area contributed by atoms with Crippen molar-refractivity contribution < 1.29 is 21.9 Å². The van der Waals surface area contributed by atoms with Crippen LogP contribution in [0.15, 0.2) is 32.3 Å². The van der Waals surface area contributed by atoms with Crippen LogP contribution in [0.25, 0.3) is 0 Å². The highest BCUT2D eigenvalue weighted by Gasteiger charge is 2.32. The largest absolute Gasteiger partial charge is 0.504 e. The molecule has 3 aliphatic rings. The van der Waals surface area contributed by atoms with Crippen LogP contribution in [0.3, 0.4) is 0 Å². The van der Waals surface area contributed by atoms with Crippen LogP contribution in [0.5, 0.6) is 5.75 Å². The molecule has 13 nitrogen and oxygen atoms in total. The molecule has 1 saturated carbocycles. The van der Waals surface area contributed by atoms with Gasteiger partial charge in [0.05, 0.1) is 18.0 Å². The van der Waals surface area contributed by atoms with Crippen molar-refractivity contribution in [2.75, 3.05) is 34.8 Å². The molecular weight excluding hydrogens is 522 g/mol. The van der Waals surface area contributed by atoms with Gasteiger partial charge in [0.1, 0.15) is 10.5 Å². The molecule has 0 spiro atoms. The minimum absolute atomic E-state index is 0.0498. The molecule has 2 aromatic rings. The highest BCUT2D eigenvalue weighted by Crippen LogP contribution is 2.34. The number of hydrogen-bond acceptors (Lipinski definition) is 10. The summed E-state index contributed by atoms with van der Waals surface area (Å²) in [5.41, 5.74) is 2.29. The molecule has 3 heterocycles.